The van der Waals surface area contributed by atoms with Crippen LogP contribution in [0.5, 0.6) is 5.88 Å². The van der Waals surface area contributed by atoms with Gasteiger partial charge in [0.2, 0.25) is 5.88 Å². The van der Waals surface area contributed by atoms with E-state index >= 15 is 0 Å². The first-order valence-corrected chi connectivity index (χ1v) is 9.57. The molecule has 1 aromatic heterocycles. The Morgan fingerprint density at radius 1 is 1.00 bits per heavy atom. The smallest absolute Gasteiger partial charge is 0.284 e. The number of rotatable bonds is 5. The molecule has 0 N–H and O–H groups in total. The quantitative estimate of drug-likeness (QED) is 0.604. The number of hydrogen-bond donors (Lipinski definition) is 0. The van der Waals surface area contributed by atoms with Gasteiger partial charge in [-0.25, -0.2) is 13.2 Å². The van der Waals surface area contributed by atoms with Crippen molar-refractivity contribution >= 4 is 16.8 Å². The number of likely N-dealkylation sites (tertiary alicyclic amines) is 1. The summed E-state index contributed by atoms with van der Waals surface area (Å²) in [4.78, 5) is 15.1. The monoisotopic (exact) mass is 403 g/mol. The molecule has 4 rings (SSSR count). The number of fused-ring (bicyclic) bond motifs is 1. The maximum atomic E-state index is 14.1. The fourth-order valence-corrected chi connectivity index (χ4v) is 3.58. The summed E-state index contributed by atoms with van der Waals surface area (Å²) in [6.07, 6.45) is 3.56. The Morgan fingerprint density at radius 3 is 2.52 bits per heavy atom. The SMILES string of the molecule is O=C(c1c(F)ccc(F)c1F)n1nc(OCCN2CCCCC2)c2ccccc21. The molecule has 3 aromatic rings. The van der Waals surface area contributed by atoms with Gasteiger partial charge in [-0.3, -0.25) is 9.69 Å². The molecule has 0 radical (unpaired) electrons. The van der Waals surface area contributed by atoms with E-state index in [9.17, 15) is 18.0 Å². The van der Waals surface area contributed by atoms with Gasteiger partial charge >= 0.3 is 0 Å². The van der Waals surface area contributed by atoms with E-state index in [2.05, 4.69) is 10.00 Å². The van der Waals surface area contributed by atoms with Crippen LogP contribution in [0.1, 0.15) is 29.6 Å². The van der Waals surface area contributed by atoms with E-state index in [1.54, 1.807) is 24.3 Å². The molecule has 29 heavy (non-hydrogen) atoms. The first kappa shape index (κ1) is 19.4. The fraction of sp³-hybridized carbons (Fsp3) is 0.333. The third-order valence-corrected chi connectivity index (χ3v) is 5.10. The second kappa shape index (κ2) is 8.24. The number of nitrogens with zero attached hydrogens (tertiary/aromatic N) is 3. The number of piperidine rings is 1. The van der Waals surface area contributed by atoms with Crippen molar-refractivity contribution in [3.05, 3.63) is 59.4 Å². The molecule has 0 saturated carbocycles. The van der Waals surface area contributed by atoms with Gasteiger partial charge in [0.25, 0.3) is 5.91 Å². The summed E-state index contributed by atoms with van der Waals surface area (Å²) < 4.78 is 48.4. The van der Waals surface area contributed by atoms with Crippen LogP contribution < -0.4 is 4.74 Å². The minimum atomic E-state index is -1.54. The van der Waals surface area contributed by atoms with Crippen LogP contribution in [0.3, 0.4) is 0 Å². The van der Waals surface area contributed by atoms with Crippen molar-refractivity contribution in [2.45, 2.75) is 19.3 Å². The van der Waals surface area contributed by atoms with Crippen LogP contribution in [0, 0.1) is 17.5 Å². The zero-order valence-corrected chi connectivity index (χ0v) is 15.7. The first-order chi connectivity index (χ1) is 14.1. The summed E-state index contributed by atoms with van der Waals surface area (Å²) in [5.74, 6) is -4.89. The van der Waals surface area contributed by atoms with Gasteiger partial charge in [-0.05, 0) is 50.2 Å². The zero-order valence-electron chi connectivity index (χ0n) is 15.7. The highest BCUT2D eigenvalue weighted by molar-refractivity contribution is 6.02. The van der Waals surface area contributed by atoms with Crippen LogP contribution in [0.15, 0.2) is 36.4 Å². The average Bonchev–Trinajstić information content (AvgIpc) is 3.11. The molecule has 0 atom stereocenters. The summed E-state index contributed by atoms with van der Waals surface area (Å²) in [5.41, 5.74) is -0.661. The summed E-state index contributed by atoms with van der Waals surface area (Å²) in [6.45, 7) is 3.14. The number of para-hydroxylation sites is 1. The summed E-state index contributed by atoms with van der Waals surface area (Å²) >= 11 is 0. The van der Waals surface area contributed by atoms with Gasteiger partial charge in [-0.15, -0.1) is 5.10 Å². The molecule has 5 nitrogen and oxygen atoms in total. The predicted molar refractivity (Wildman–Crippen MR) is 102 cm³/mol. The summed E-state index contributed by atoms with van der Waals surface area (Å²) in [6, 6.07) is 8.07. The molecular weight excluding hydrogens is 383 g/mol. The highest BCUT2D eigenvalue weighted by atomic mass is 19.2. The minimum Gasteiger partial charge on any atom is -0.475 e. The van der Waals surface area contributed by atoms with Crippen LogP contribution in [0.4, 0.5) is 13.2 Å². The van der Waals surface area contributed by atoms with Gasteiger partial charge in [-0.1, -0.05) is 18.6 Å². The molecule has 8 heteroatoms. The first-order valence-electron chi connectivity index (χ1n) is 9.57. The van der Waals surface area contributed by atoms with Crippen molar-refractivity contribution in [2.24, 2.45) is 0 Å². The minimum absolute atomic E-state index is 0.197. The van der Waals surface area contributed by atoms with Gasteiger partial charge in [0, 0.05) is 6.54 Å². The Hall–Kier alpha value is -2.87. The maximum absolute atomic E-state index is 14.1. The third kappa shape index (κ3) is 3.85. The maximum Gasteiger partial charge on any atom is 0.284 e. The number of carbonyl (C=O) groups is 1. The highest BCUT2D eigenvalue weighted by Crippen LogP contribution is 2.27. The van der Waals surface area contributed by atoms with Gasteiger partial charge in [0.15, 0.2) is 11.6 Å². The summed E-state index contributed by atoms with van der Waals surface area (Å²) in [7, 11) is 0. The fourth-order valence-electron chi connectivity index (χ4n) is 3.58. The molecule has 0 bridgehead atoms. The van der Waals surface area contributed by atoms with Crippen LogP contribution in [-0.2, 0) is 0 Å². The van der Waals surface area contributed by atoms with E-state index < -0.39 is 28.9 Å². The second-order valence-electron chi connectivity index (χ2n) is 7.01. The molecule has 2 aromatic carbocycles. The number of carbonyl (C=O) groups excluding carboxylic acids is 1. The molecule has 0 unspecified atom stereocenters. The molecular formula is C21H20F3N3O2. The van der Waals surface area contributed by atoms with Crippen LogP contribution in [-0.4, -0.2) is 46.8 Å². The Labute approximate surface area is 165 Å². The normalized spacial score (nSPS) is 15.0. The van der Waals surface area contributed by atoms with E-state index in [4.69, 9.17) is 4.74 Å². The highest BCUT2D eigenvalue weighted by Gasteiger charge is 2.25. The van der Waals surface area contributed by atoms with Gasteiger partial charge in [0.1, 0.15) is 18.0 Å². The summed E-state index contributed by atoms with van der Waals surface area (Å²) in [5, 5.41) is 4.67. The average molecular weight is 403 g/mol. The number of benzene rings is 2. The molecule has 1 aliphatic rings. The van der Waals surface area contributed by atoms with Crippen LogP contribution in [0.25, 0.3) is 10.9 Å². The Kier molecular flexibility index (Phi) is 5.53. The topological polar surface area (TPSA) is 47.4 Å². The Balaban J connectivity index is 1.62. The lowest BCUT2D eigenvalue weighted by Crippen LogP contribution is -2.33. The van der Waals surface area contributed by atoms with E-state index in [0.717, 1.165) is 37.2 Å². The molecule has 0 amide bonds. The van der Waals surface area contributed by atoms with Crippen molar-refractivity contribution in [3.63, 3.8) is 0 Å². The lowest BCUT2D eigenvalue weighted by atomic mass is 10.1. The number of ether oxygens (including phenoxy) is 1. The van der Waals surface area contributed by atoms with E-state index in [0.29, 0.717) is 29.6 Å². The second-order valence-corrected chi connectivity index (χ2v) is 7.01. The van der Waals surface area contributed by atoms with Crippen LogP contribution >= 0.6 is 0 Å². The van der Waals surface area contributed by atoms with Crippen molar-refractivity contribution in [1.82, 2.24) is 14.7 Å². The number of aromatic nitrogens is 2. The molecule has 0 spiro atoms. The van der Waals surface area contributed by atoms with Gasteiger partial charge in [0.05, 0.1) is 10.9 Å². The number of halogens is 3. The third-order valence-electron chi connectivity index (χ3n) is 5.10. The van der Waals surface area contributed by atoms with E-state index in [1.165, 1.54) is 6.42 Å². The van der Waals surface area contributed by atoms with Crippen molar-refractivity contribution in [2.75, 3.05) is 26.2 Å². The molecule has 2 heterocycles. The van der Waals surface area contributed by atoms with Crippen molar-refractivity contribution in [1.29, 1.82) is 0 Å². The molecule has 0 aliphatic carbocycles. The van der Waals surface area contributed by atoms with Crippen molar-refractivity contribution in [3.8, 4) is 5.88 Å². The Bertz CT molecular complexity index is 1050. The molecule has 1 fully saturated rings. The van der Waals surface area contributed by atoms with Gasteiger partial charge < -0.3 is 4.74 Å². The Morgan fingerprint density at radius 2 is 1.72 bits per heavy atom. The van der Waals surface area contributed by atoms with Crippen molar-refractivity contribution < 1.29 is 22.7 Å². The zero-order chi connectivity index (χ0) is 20.4. The largest absolute Gasteiger partial charge is 0.475 e. The molecule has 152 valence electrons. The van der Waals surface area contributed by atoms with E-state index in [1.807, 2.05) is 0 Å². The van der Waals surface area contributed by atoms with Gasteiger partial charge in [-0.2, -0.15) is 4.68 Å². The number of hydrogen-bond acceptors (Lipinski definition) is 4. The van der Waals surface area contributed by atoms with Crippen LogP contribution in [0.2, 0.25) is 0 Å². The lowest BCUT2D eigenvalue weighted by Gasteiger charge is -2.25. The standard InChI is InChI=1S/C21H20F3N3O2/c22-15-8-9-16(23)19(24)18(15)21(28)27-17-7-3-2-6-14(17)20(25-27)29-13-12-26-10-4-1-5-11-26/h2-3,6-9H,1,4-5,10-13H2. The van der Waals surface area contributed by atoms with E-state index in [-0.39, 0.29) is 5.88 Å². The predicted octanol–water partition coefficient (Wildman–Crippen LogP) is 4.01. The molecule has 1 saturated heterocycles. The lowest BCUT2D eigenvalue weighted by molar-refractivity contribution is 0.0937. The molecule has 1 aliphatic heterocycles.